The largest absolute Gasteiger partial charge is 0.613 e. The molecule has 1 aromatic rings. The highest BCUT2D eigenvalue weighted by atomic mass is 31.1. The Kier molecular flexibility index (Phi) is 8.00. The summed E-state index contributed by atoms with van der Waals surface area (Å²) in [6, 6.07) is 0.0912. The highest BCUT2D eigenvalue weighted by Crippen LogP contribution is 2.41. The molecule has 1 saturated heterocycles. The first-order valence-electron chi connectivity index (χ1n) is 9.38. The number of aromatic amines is 1. The highest BCUT2D eigenvalue weighted by Gasteiger charge is 2.56. The van der Waals surface area contributed by atoms with E-state index in [0.29, 0.717) is 6.42 Å². The van der Waals surface area contributed by atoms with Gasteiger partial charge in [-0.05, 0) is 31.8 Å². The van der Waals surface area contributed by atoms with E-state index >= 15 is 4.39 Å². The molecule has 1 aromatic heterocycles. The molecule has 1 aliphatic rings. The highest BCUT2D eigenvalue weighted by molar-refractivity contribution is 7.36. The fraction of sp³-hybridized carbons (Fsp3) is 0.706. The molecule has 13 heteroatoms. The molecule has 3 N–H and O–H groups in total. The Bertz CT molecular complexity index is 888. The van der Waals surface area contributed by atoms with E-state index in [-0.39, 0.29) is 6.10 Å². The van der Waals surface area contributed by atoms with Gasteiger partial charge in [0.1, 0.15) is 24.9 Å². The number of aliphatic hydroxyl groups excluding tert-OH is 1. The van der Waals surface area contributed by atoms with E-state index < -0.39 is 62.2 Å². The van der Waals surface area contributed by atoms with E-state index in [1.54, 1.807) is 6.92 Å². The second-order valence-electron chi connectivity index (χ2n) is 7.20. The maximum absolute atomic E-state index is 15.0. The van der Waals surface area contributed by atoms with Crippen LogP contribution >= 0.6 is 8.18 Å². The van der Waals surface area contributed by atoms with Gasteiger partial charge in [-0.15, -0.1) is 4.52 Å². The van der Waals surface area contributed by atoms with E-state index in [1.807, 2.05) is 11.9 Å². The number of rotatable bonds is 9. The minimum atomic E-state index is -2.56. The lowest BCUT2D eigenvalue weighted by Crippen LogP contribution is -2.43. The van der Waals surface area contributed by atoms with Crippen molar-refractivity contribution < 1.29 is 32.9 Å². The number of esters is 1. The lowest BCUT2D eigenvalue weighted by Gasteiger charge is -2.24. The Morgan fingerprint density at radius 1 is 1.50 bits per heavy atom. The number of nitrogens with one attached hydrogen (secondary N) is 2. The maximum Gasteiger partial charge on any atom is 0.613 e. The second-order valence-corrected chi connectivity index (χ2v) is 8.23. The van der Waals surface area contributed by atoms with Crippen LogP contribution < -0.4 is 16.3 Å². The number of carbonyl (C=O) groups excluding carboxylic acids is 1. The number of carbonyl (C=O) groups is 1. The summed E-state index contributed by atoms with van der Waals surface area (Å²) in [5, 5.41) is 12.7. The Morgan fingerprint density at radius 2 is 2.17 bits per heavy atom. The van der Waals surface area contributed by atoms with E-state index in [2.05, 4.69) is 5.09 Å². The first-order chi connectivity index (χ1) is 14.0. The number of aromatic nitrogens is 2. The Labute approximate surface area is 172 Å². The van der Waals surface area contributed by atoms with Gasteiger partial charge in [0.2, 0.25) is 0 Å². The van der Waals surface area contributed by atoms with Gasteiger partial charge in [0.15, 0.2) is 11.9 Å². The summed E-state index contributed by atoms with van der Waals surface area (Å²) in [5.74, 6) is -0.609. The van der Waals surface area contributed by atoms with Crippen molar-refractivity contribution in [2.45, 2.75) is 70.4 Å². The Balaban J connectivity index is 1.97. The molecule has 0 aliphatic carbocycles. The summed E-state index contributed by atoms with van der Waals surface area (Å²) in [4.78, 5) is 37.0. The third-order valence-electron chi connectivity index (χ3n) is 4.72. The van der Waals surface area contributed by atoms with Crippen LogP contribution in [0, 0.1) is 0 Å². The van der Waals surface area contributed by atoms with Crippen molar-refractivity contribution in [1.29, 1.82) is 0 Å². The maximum atomic E-state index is 15.0. The van der Waals surface area contributed by atoms with Gasteiger partial charge >= 0.3 is 19.8 Å². The predicted octanol–water partition coefficient (Wildman–Crippen LogP) is 0.517. The fourth-order valence-corrected chi connectivity index (χ4v) is 3.51. The quantitative estimate of drug-likeness (QED) is 0.361. The monoisotopic (exact) mass is 450 g/mol. The summed E-state index contributed by atoms with van der Waals surface area (Å²) < 4.78 is 43.5. The zero-order chi connectivity index (χ0) is 22.6. The number of H-pyrrole nitrogens is 1. The van der Waals surface area contributed by atoms with Gasteiger partial charge in [0.25, 0.3) is 5.56 Å². The predicted molar refractivity (Wildman–Crippen MR) is 103 cm³/mol. The number of ether oxygens (including phenoxy) is 2. The SMILES string of the molecule is CCC(C)OC(=O)[C@H](C)N[P+](=O)OC[C@H]1O[C@@H](n2ccc(=O)[nH]c2=O)[C@](C)(F)[C@@H]1O. The van der Waals surface area contributed by atoms with Crippen LogP contribution in [0.5, 0.6) is 0 Å². The van der Waals surface area contributed by atoms with Gasteiger partial charge in [-0.3, -0.25) is 19.1 Å². The van der Waals surface area contributed by atoms with Gasteiger partial charge in [0, 0.05) is 12.3 Å². The molecule has 2 unspecified atom stereocenters. The lowest BCUT2D eigenvalue weighted by atomic mass is 9.98. The van der Waals surface area contributed by atoms with Gasteiger partial charge < -0.3 is 14.6 Å². The molecule has 2 rings (SSSR count). The number of aliphatic hydroxyl groups is 1. The molecule has 0 amide bonds. The summed E-state index contributed by atoms with van der Waals surface area (Å²) >= 11 is 0. The first kappa shape index (κ1) is 24.3. The molecule has 30 heavy (non-hydrogen) atoms. The van der Waals surface area contributed by atoms with E-state index in [0.717, 1.165) is 23.8 Å². The molecular formula is C17H26FN3O8P+. The van der Waals surface area contributed by atoms with Gasteiger partial charge in [-0.25, -0.2) is 9.18 Å². The van der Waals surface area contributed by atoms with Crippen LogP contribution in [0.2, 0.25) is 0 Å². The third kappa shape index (κ3) is 5.58. The molecule has 1 aliphatic heterocycles. The molecule has 11 nitrogen and oxygen atoms in total. The van der Waals surface area contributed by atoms with E-state index in [1.165, 1.54) is 6.92 Å². The van der Waals surface area contributed by atoms with Crippen LogP contribution in [0.15, 0.2) is 21.9 Å². The average Bonchev–Trinajstić information content (AvgIpc) is 2.89. The van der Waals surface area contributed by atoms with Crippen molar-refractivity contribution in [3.05, 3.63) is 33.1 Å². The smallest absolute Gasteiger partial charge is 0.461 e. The summed E-state index contributed by atoms with van der Waals surface area (Å²) in [7, 11) is -2.56. The topological polar surface area (TPSA) is 149 Å². The number of nitrogens with zero attached hydrogens (tertiary/aromatic N) is 1. The van der Waals surface area contributed by atoms with Crippen molar-refractivity contribution in [2.24, 2.45) is 0 Å². The van der Waals surface area contributed by atoms with Gasteiger partial charge in [-0.1, -0.05) is 12.0 Å². The molecule has 0 spiro atoms. The van der Waals surface area contributed by atoms with Crippen molar-refractivity contribution in [2.75, 3.05) is 6.61 Å². The molecule has 0 bridgehead atoms. The van der Waals surface area contributed by atoms with Crippen LogP contribution in [0.1, 0.15) is 40.3 Å². The third-order valence-corrected chi connectivity index (χ3v) is 5.70. The van der Waals surface area contributed by atoms with Crippen molar-refractivity contribution in [3.63, 3.8) is 0 Å². The molecule has 1 fully saturated rings. The van der Waals surface area contributed by atoms with Crippen molar-refractivity contribution >= 4 is 14.1 Å². The lowest BCUT2D eigenvalue weighted by molar-refractivity contribution is -0.149. The van der Waals surface area contributed by atoms with Crippen LogP contribution in [0.25, 0.3) is 0 Å². The van der Waals surface area contributed by atoms with Crippen LogP contribution in [0.3, 0.4) is 0 Å². The first-order valence-corrected chi connectivity index (χ1v) is 10.6. The Morgan fingerprint density at radius 3 is 2.77 bits per heavy atom. The normalized spacial score (nSPS) is 28.7. The van der Waals surface area contributed by atoms with Crippen LogP contribution in [-0.4, -0.2) is 57.3 Å². The molecule has 7 atom stereocenters. The van der Waals surface area contributed by atoms with Crippen LogP contribution in [-0.2, 0) is 23.4 Å². The molecule has 168 valence electrons. The number of alkyl halides is 1. The van der Waals surface area contributed by atoms with E-state index in [4.69, 9.17) is 14.0 Å². The fourth-order valence-electron chi connectivity index (χ4n) is 2.74. The van der Waals surface area contributed by atoms with E-state index in [9.17, 15) is 24.1 Å². The molecule has 0 aromatic carbocycles. The number of hydrogen-bond donors (Lipinski definition) is 3. The minimum absolute atomic E-state index is 0.293. The summed E-state index contributed by atoms with van der Waals surface area (Å²) in [5.41, 5.74) is -3.98. The van der Waals surface area contributed by atoms with Crippen molar-refractivity contribution in [1.82, 2.24) is 14.6 Å². The summed E-state index contributed by atoms with van der Waals surface area (Å²) in [6.45, 7) is 5.56. The molecule has 0 saturated carbocycles. The second kappa shape index (κ2) is 9.88. The standard InChI is InChI=1S/C17H25FN3O8P/c1-5-9(2)28-14(24)10(3)20-30(26)27-8-11-13(23)17(4,18)15(29-11)21-7-6-12(22)19-16(21)25/h6-7,9-11,13,15,23H,5,8H2,1-4H3,(H-,19,20,22,25,26)/p+1/t9?,10-,11+,13+,15+,17+/m0/s1. The zero-order valence-corrected chi connectivity index (χ0v) is 17.9. The number of hydrogen-bond acceptors (Lipinski definition) is 8. The zero-order valence-electron chi connectivity index (χ0n) is 17.0. The molecular weight excluding hydrogens is 424 g/mol. The Hall–Kier alpha value is -1.98. The van der Waals surface area contributed by atoms with Gasteiger partial charge in [0.05, 0.1) is 6.10 Å². The van der Waals surface area contributed by atoms with Crippen LogP contribution in [0.4, 0.5) is 4.39 Å². The molecule has 0 radical (unpaired) electrons. The number of halogens is 1. The van der Waals surface area contributed by atoms with Crippen molar-refractivity contribution in [3.8, 4) is 0 Å². The average molecular weight is 450 g/mol. The minimum Gasteiger partial charge on any atom is -0.461 e. The molecule has 2 heterocycles. The van der Waals surface area contributed by atoms with Gasteiger partial charge in [-0.2, -0.15) is 0 Å². The summed E-state index contributed by atoms with van der Waals surface area (Å²) in [6.07, 6.45) is -3.13.